The van der Waals surface area contributed by atoms with E-state index in [1.807, 2.05) is 18.2 Å². The highest BCUT2D eigenvalue weighted by Crippen LogP contribution is 2.32. The topological polar surface area (TPSA) is 92.3 Å². The number of amides is 1. The number of hydrogen-bond donors (Lipinski definition) is 1. The first-order chi connectivity index (χ1) is 14.3. The third-order valence-electron chi connectivity index (χ3n) is 4.55. The smallest absolute Gasteiger partial charge is 0.257 e. The molecule has 0 aliphatic rings. The summed E-state index contributed by atoms with van der Waals surface area (Å²) in [5, 5.41) is 12.2. The standard InChI is InChI=1S/C20H21ClN4O3S2/c1-4-25(5-2)30(27,28)14-11-10-13(3)16(12-14)18(26)22-20-24-23-19(29-20)15-8-6-7-9-17(15)21/h6-12H,4-5H2,1-3H3,(H,22,24,26). The molecule has 3 rings (SSSR count). The maximum absolute atomic E-state index is 12.8. The first kappa shape index (κ1) is 22.4. The zero-order chi connectivity index (χ0) is 21.9. The fourth-order valence-corrected chi connectivity index (χ4v) is 5.44. The second-order valence-corrected chi connectivity index (χ2v) is 9.74. The molecular weight excluding hydrogens is 444 g/mol. The molecule has 0 unspecified atom stereocenters. The van der Waals surface area contributed by atoms with Gasteiger partial charge in [0.15, 0.2) is 5.01 Å². The molecule has 30 heavy (non-hydrogen) atoms. The van der Waals surface area contributed by atoms with Gasteiger partial charge in [-0.1, -0.05) is 61.1 Å². The van der Waals surface area contributed by atoms with Crippen LogP contribution in [0, 0.1) is 6.92 Å². The van der Waals surface area contributed by atoms with Crippen molar-refractivity contribution in [3.8, 4) is 10.6 Å². The number of benzene rings is 2. The summed E-state index contributed by atoms with van der Waals surface area (Å²) in [6.07, 6.45) is 0. The number of carbonyl (C=O) groups is 1. The van der Waals surface area contributed by atoms with Gasteiger partial charge in [-0.3, -0.25) is 10.1 Å². The number of anilines is 1. The molecule has 0 fully saturated rings. The number of sulfonamides is 1. The van der Waals surface area contributed by atoms with E-state index < -0.39 is 15.9 Å². The van der Waals surface area contributed by atoms with E-state index in [0.29, 0.717) is 33.8 Å². The fraction of sp³-hybridized carbons (Fsp3) is 0.250. The van der Waals surface area contributed by atoms with Crippen LogP contribution in [-0.2, 0) is 10.0 Å². The monoisotopic (exact) mass is 464 g/mol. The van der Waals surface area contributed by atoms with Crippen molar-refractivity contribution >= 4 is 44.0 Å². The number of nitrogens with one attached hydrogen (secondary N) is 1. The summed E-state index contributed by atoms with van der Waals surface area (Å²) in [6, 6.07) is 11.8. The van der Waals surface area contributed by atoms with Crippen LogP contribution >= 0.6 is 22.9 Å². The Balaban J connectivity index is 1.87. The van der Waals surface area contributed by atoms with Crippen molar-refractivity contribution in [1.29, 1.82) is 0 Å². The summed E-state index contributed by atoms with van der Waals surface area (Å²) in [7, 11) is -3.67. The lowest BCUT2D eigenvalue weighted by Gasteiger charge is -2.19. The summed E-state index contributed by atoms with van der Waals surface area (Å²) in [5.41, 5.74) is 1.64. The van der Waals surface area contributed by atoms with E-state index in [-0.39, 0.29) is 10.5 Å². The second kappa shape index (κ2) is 9.22. The Morgan fingerprint density at radius 1 is 1.13 bits per heavy atom. The molecule has 1 aromatic heterocycles. The van der Waals surface area contributed by atoms with E-state index in [1.54, 1.807) is 32.9 Å². The highest BCUT2D eigenvalue weighted by atomic mass is 35.5. The Morgan fingerprint density at radius 3 is 2.50 bits per heavy atom. The lowest BCUT2D eigenvalue weighted by molar-refractivity contribution is 0.102. The Kier molecular flexibility index (Phi) is 6.87. The lowest BCUT2D eigenvalue weighted by atomic mass is 10.1. The maximum atomic E-state index is 12.8. The SMILES string of the molecule is CCN(CC)S(=O)(=O)c1ccc(C)c(C(=O)Nc2nnc(-c3ccccc3Cl)s2)c1. The fourth-order valence-electron chi connectivity index (χ4n) is 2.90. The van der Waals surface area contributed by atoms with E-state index in [4.69, 9.17) is 11.6 Å². The number of hydrogen-bond acceptors (Lipinski definition) is 6. The van der Waals surface area contributed by atoms with Gasteiger partial charge in [0, 0.05) is 24.2 Å². The predicted molar refractivity (Wildman–Crippen MR) is 120 cm³/mol. The summed E-state index contributed by atoms with van der Waals surface area (Å²) in [4.78, 5) is 12.9. The first-order valence-corrected chi connectivity index (χ1v) is 11.9. The zero-order valence-electron chi connectivity index (χ0n) is 16.7. The number of aryl methyl sites for hydroxylation is 1. The Bertz CT molecular complexity index is 1170. The van der Waals surface area contributed by atoms with Crippen LogP contribution in [0.15, 0.2) is 47.4 Å². The zero-order valence-corrected chi connectivity index (χ0v) is 19.1. The molecule has 0 spiro atoms. The van der Waals surface area contributed by atoms with Crippen LogP contribution in [0.1, 0.15) is 29.8 Å². The maximum Gasteiger partial charge on any atom is 0.257 e. The van der Waals surface area contributed by atoms with Crippen LogP contribution in [-0.4, -0.2) is 41.9 Å². The van der Waals surface area contributed by atoms with Gasteiger partial charge in [-0.25, -0.2) is 8.42 Å². The number of aromatic nitrogens is 2. The minimum Gasteiger partial charge on any atom is -0.296 e. The number of carbonyl (C=O) groups excluding carboxylic acids is 1. The van der Waals surface area contributed by atoms with Gasteiger partial charge in [0.25, 0.3) is 5.91 Å². The van der Waals surface area contributed by atoms with Crippen molar-refractivity contribution in [2.24, 2.45) is 0 Å². The second-order valence-electron chi connectivity index (χ2n) is 6.41. The molecule has 0 aliphatic heterocycles. The van der Waals surface area contributed by atoms with Crippen molar-refractivity contribution < 1.29 is 13.2 Å². The highest BCUT2D eigenvalue weighted by molar-refractivity contribution is 7.89. The minimum atomic E-state index is -3.67. The molecule has 3 aromatic rings. The lowest BCUT2D eigenvalue weighted by Crippen LogP contribution is -2.30. The van der Waals surface area contributed by atoms with Gasteiger partial charge in [0.05, 0.1) is 9.92 Å². The third-order valence-corrected chi connectivity index (χ3v) is 7.79. The van der Waals surface area contributed by atoms with E-state index in [2.05, 4.69) is 15.5 Å². The van der Waals surface area contributed by atoms with E-state index in [9.17, 15) is 13.2 Å². The van der Waals surface area contributed by atoms with Crippen molar-refractivity contribution in [1.82, 2.24) is 14.5 Å². The summed E-state index contributed by atoms with van der Waals surface area (Å²) >= 11 is 7.38. The van der Waals surface area contributed by atoms with E-state index in [1.165, 1.54) is 27.8 Å². The highest BCUT2D eigenvalue weighted by Gasteiger charge is 2.24. The minimum absolute atomic E-state index is 0.0796. The van der Waals surface area contributed by atoms with Crippen LogP contribution in [0.2, 0.25) is 5.02 Å². The molecule has 158 valence electrons. The molecule has 1 heterocycles. The molecule has 1 N–H and O–H groups in total. The van der Waals surface area contributed by atoms with Crippen molar-refractivity contribution in [2.75, 3.05) is 18.4 Å². The van der Waals surface area contributed by atoms with Crippen LogP contribution < -0.4 is 5.32 Å². The number of halogens is 1. The van der Waals surface area contributed by atoms with Crippen molar-refractivity contribution in [2.45, 2.75) is 25.7 Å². The molecule has 0 aliphatic carbocycles. The molecule has 2 aromatic carbocycles. The molecule has 0 saturated carbocycles. The molecule has 0 radical (unpaired) electrons. The quantitative estimate of drug-likeness (QED) is 0.557. The molecule has 0 bridgehead atoms. The normalized spacial score (nSPS) is 11.6. The molecular formula is C20H21ClN4O3S2. The number of rotatable bonds is 7. The third kappa shape index (κ3) is 4.54. The van der Waals surface area contributed by atoms with Gasteiger partial charge in [0.1, 0.15) is 0 Å². The van der Waals surface area contributed by atoms with Gasteiger partial charge < -0.3 is 0 Å². The van der Waals surface area contributed by atoms with Crippen LogP contribution in [0.25, 0.3) is 10.6 Å². The Labute approximate surface area is 184 Å². The predicted octanol–water partition coefficient (Wildman–Crippen LogP) is 4.45. The average molecular weight is 465 g/mol. The summed E-state index contributed by atoms with van der Waals surface area (Å²) in [5.74, 6) is -0.453. The van der Waals surface area contributed by atoms with Crippen molar-refractivity contribution in [3.05, 3.63) is 58.6 Å². The molecule has 1 amide bonds. The average Bonchev–Trinajstić information content (AvgIpc) is 3.17. The van der Waals surface area contributed by atoms with Crippen LogP contribution in [0.3, 0.4) is 0 Å². The van der Waals surface area contributed by atoms with Crippen molar-refractivity contribution in [3.63, 3.8) is 0 Å². The van der Waals surface area contributed by atoms with E-state index >= 15 is 0 Å². The largest absolute Gasteiger partial charge is 0.296 e. The molecule has 0 saturated heterocycles. The van der Waals surface area contributed by atoms with E-state index in [0.717, 1.165) is 5.56 Å². The van der Waals surface area contributed by atoms with Gasteiger partial charge >= 0.3 is 0 Å². The Morgan fingerprint density at radius 2 is 1.83 bits per heavy atom. The molecule has 10 heteroatoms. The van der Waals surface area contributed by atoms with Gasteiger partial charge in [-0.15, -0.1) is 10.2 Å². The van der Waals surface area contributed by atoms with Gasteiger partial charge in [0.2, 0.25) is 15.2 Å². The molecule has 0 atom stereocenters. The Hall–Kier alpha value is -2.33. The van der Waals surface area contributed by atoms with Crippen LogP contribution in [0.4, 0.5) is 5.13 Å². The van der Waals surface area contributed by atoms with Gasteiger partial charge in [-0.05, 0) is 30.7 Å². The van der Waals surface area contributed by atoms with Crippen LogP contribution in [0.5, 0.6) is 0 Å². The first-order valence-electron chi connectivity index (χ1n) is 9.28. The number of nitrogens with zero attached hydrogens (tertiary/aromatic N) is 3. The summed E-state index contributed by atoms with van der Waals surface area (Å²) in [6.45, 7) is 6.00. The molecule has 7 nitrogen and oxygen atoms in total. The summed E-state index contributed by atoms with van der Waals surface area (Å²) < 4.78 is 26.9. The van der Waals surface area contributed by atoms with Gasteiger partial charge in [-0.2, -0.15) is 4.31 Å².